The molecule has 136 valence electrons. The van der Waals surface area contributed by atoms with E-state index in [0.717, 1.165) is 43.0 Å². The Balaban J connectivity index is 1.59. The average molecular weight is 358 g/mol. The van der Waals surface area contributed by atoms with Gasteiger partial charge in [0.1, 0.15) is 11.3 Å². The number of furan rings is 1. The van der Waals surface area contributed by atoms with Crippen LogP contribution in [0.25, 0.3) is 11.0 Å². The summed E-state index contributed by atoms with van der Waals surface area (Å²) >= 11 is 0. The lowest BCUT2D eigenvalue weighted by molar-refractivity contribution is 0.199. The SMILES string of the molecule is CCc1oc2ccccc2c1CN1CCc2[nH]cnc2C1c1cccnc1. The van der Waals surface area contributed by atoms with Gasteiger partial charge in [0, 0.05) is 55.0 Å². The molecular weight excluding hydrogens is 336 g/mol. The minimum atomic E-state index is 0.104. The molecule has 0 amide bonds. The molecule has 0 fully saturated rings. The second-order valence-corrected chi connectivity index (χ2v) is 7.03. The molecule has 4 heterocycles. The molecule has 5 rings (SSSR count). The summed E-state index contributed by atoms with van der Waals surface area (Å²) < 4.78 is 6.12. The summed E-state index contributed by atoms with van der Waals surface area (Å²) in [7, 11) is 0. The Morgan fingerprint density at radius 2 is 2.15 bits per heavy atom. The molecule has 0 bridgehead atoms. The fraction of sp³-hybridized carbons (Fsp3) is 0.273. The minimum absolute atomic E-state index is 0.104. The minimum Gasteiger partial charge on any atom is -0.461 e. The third-order valence-electron chi connectivity index (χ3n) is 5.49. The van der Waals surface area contributed by atoms with Crippen molar-refractivity contribution in [2.75, 3.05) is 6.54 Å². The van der Waals surface area contributed by atoms with Gasteiger partial charge in [-0.05, 0) is 17.7 Å². The first-order chi connectivity index (χ1) is 13.3. The lowest BCUT2D eigenvalue weighted by atomic mass is 9.95. The van der Waals surface area contributed by atoms with Crippen LogP contribution in [0.5, 0.6) is 0 Å². The van der Waals surface area contributed by atoms with Crippen LogP contribution < -0.4 is 0 Å². The molecule has 27 heavy (non-hydrogen) atoms. The summed E-state index contributed by atoms with van der Waals surface area (Å²) in [5, 5.41) is 1.21. The number of pyridine rings is 1. The number of hydrogen-bond donors (Lipinski definition) is 1. The van der Waals surface area contributed by atoms with Crippen molar-refractivity contribution >= 4 is 11.0 Å². The molecular formula is C22H22N4O. The Labute approximate surface area is 158 Å². The van der Waals surface area contributed by atoms with Crippen LogP contribution in [-0.2, 0) is 19.4 Å². The van der Waals surface area contributed by atoms with Gasteiger partial charge < -0.3 is 9.40 Å². The van der Waals surface area contributed by atoms with Crippen molar-refractivity contribution in [3.8, 4) is 0 Å². The first kappa shape index (κ1) is 16.3. The molecule has 5 heteroatoms. The van der Waals surface area contributed by atoms with Crippen LogP contribution in [0.3, 0.4) is 0 Å². The van der Waals surface area contributed by atoms with E-state index in [1.54, 1.807) is 0 Å². The van der Waals surface area contributed by atoms with E-state index in [9.17, 15) is 0 Å². The normalized spacial score (nSPS) is 17.3. The van der Waals surface area contributed by atoms with Gasteiger partial charge in [-0.15, -0.1) is 0 Å². The molecule has 1 N–H and O–H groups in total. The largest absolute Gasteiger partial charge is 0.461 e. The van der Waals surface area contributed by atoms with Crippen LogP contribution in [0.4, 0.5) is 0 Å². The predicted molar refractivity (Wildman–Crippen MR) is 104 cm³/mol. The van der Waals surface area contributed by atoms with Gasteiger partial charge in [0.25, 0.3) is 0 Å². The number of nitrogens with one attached hydrogen (secondary N) is 1. The zero-order valence-corrected chi connectivity index (χ0v) is 15.4. The smallest absolute Gasteiger partial charge is 0.134 e. The average Bonchev–Trinajstić information content (AvgIpc) is 3.33. The molecule has 0 saturated heterocycles. The Kier molecular flexibility index (Phi) is 4.02. The van der Waals surface area contributed by atoms with Crippen LogP contribution in [-0.4, -0.2) is 26.4 Å². The van der Waals surface area contributed by atoms with Crippen LogP contribution in [0.1, 0.15) is 41.2 Å². The van der Waals surface area contributed by atoms with Crippen LogP contribution in [0, 0.1) is 0 Å². The van der Waals surface area contributed by atoms with Crippen molar-refractivity contribution in [1.82, 2.24) is 19.9 Å². The number of imidazole rings is 1. The summed E-state index contributed by atoms with van der Waals surface area (Å²) in [6, 6.07) is 12.6. The number of aromatic nitrogens is 3. The van der Waals surface area contributed by atoms with Crippen molar-refractivity contribution in [3.63, 3.8) is 0 Å². The first-order valence-corrected chi connectivity index (χ1v) is 9.50. The molecule has 1 unspecified atom stereocenters. The second kappa shape index (κ2) is 6.67. The number of rotatable bonds is 4. The van der Waals surface area contributed by atoms with Crippen molar-refractivity contribution < 1.29 is 4.42 Å². The lowest BCUT2D eigenvalue weighted by Gasteiger charge is -2.35. The number of H-pyrrole nitrogens is 1. The fourth-order valence-electron chi connectivity index (χ4n) is 4.21. The second-order valence-electron chi connectivity index (χ2n) is 7.03. The Hall–Kier alpha value is -2.92. The summed E-state index contributed by atoms with van der Waals surface area (Å²) in [4.78, 5) is 14.8. The number of hydrogen-bond acceptors (Lipinski definition) is 4. The molecule has 3 aromatic heterocycles. The summed E-state index contributed by atoms with van der Waals surface area (Å²) in [5.74, 6) is 1.08. The number of benzene rings is 1. The summed E-state index contributed by atoms with van der Waals surface area (Å²) in [6.07, 6.45) is 7.45. The maximum atomic E-state index is 6.12. The van der Waals surface area contributed by atoms with Crippen LogP contribution >= 0.6 is 0 Å². The molecule has 1 aromatic carbocycles. The van der Waals surface area contributed by atoms with Gasteiger partial charge in [0.15, 0.2) is 0 Å². The maximum absolute atomic E-state index is 6.12. The number of aryl methyl sites for hydroxylation is 1. The third kappa shape index (κ3) is 2.75. The highest BCUT2D eigenvalue weighted by molar-refractivity contribution is 5.82. The highest BCUT2D eigenvalue weighted by Crippen LogP contribution is 2.36. The lowest BCUT2D eigenvalue weighted by Crippen LogP contribution is -2.36. The fourth-order valence-corrected chi connectivity index (χ4v) is 4.21. The van der Waals surface area contributed by atoms with Gasteiger partial charge in [0.2, 0.25) is 0 Å². The van der Waals surface area contributed by atoms with Crippen LogP contribution in [0.15, 0.2) is 59.5 Å². The quantitative estimate of drug-likeness (QED) is 0.592. The predicted octanol–water partition coefficient (Wildman–Crippen LogP) is 4.26. The van der Waals surface area contributed by atoms with Crippen LogP contribution in [0.2, 0.25) is 0 Å². The Morgan fingerprint density at radius 1 is 1.22 bits per heavy atom. The van der Waals surface area contributed by atoms with E-state index in [1.165, 1.54) is 22.2 Å². The van der Waals surface area contributed by atoms with Gasteiger partial charge in [-0.3, -0.25) is 9.88 Å². The number of nitrogens with zero attached hydrogens (tertiary/aromatic N) is 3. The highest BCUT2D eigenvalue weighted by Gasteiger charge is 2.32. The standard InChI is InChI=1S/C22H22N4O/c1-2-19-17(16-7-3-4-8-20(16)27-19)13-26-11-9-18-21(25-14-24-18)22(26)15-6-5-10-23-12-15/h3-8,10,12,14,22H,2,9,11,13H2,1H3,(H,24,25). The zero-order chi connectivity index (χ0) is 18.2. The number of para-hydroxylation sites is 1. The molecule has 1 aliphatic heterocycles. The van der Waals surface area contributed by atoms with E-state index >= 15 is 0 Å². The molecule has 1 atom stereocenters. The molecule has 0 radical (unpaired) electrons. The van der Waals surface area contributed by atoms with Crippen molar-refractivity contribution in [2.24, 2.45) is 0 Å². The van der Waals surface area contributed by atoms with Gasteiger partial charge in [-0.2, -0.15) is 0 Å². The summed E-state index contributed by atoms with van der Waals surface area (Å²) in [5.41, 5.74) is 5.78. The van der Waals surface area contributed by atoms with E-state index in [4.69, 9.17) is 4.42 Å². The van der Waals surface area contributed by atoms with Crippen molar-refractivity contribution in [3.05, 3.63) is 83.4 Å². The zero-order valence-electron chi connectivity index (χ0n) is 15.4. The summed E-state index contributed by atoms with van der Waals surface area (Å²) in [6.45, 7) is 3.96. The molecule has 5 nitrogen and oxygen atoms in total. The van der Waals surface area contributed by atoms with Crippen molar-refractivity contribution in [1.29, 1.82) is 0 Å². The molecule has 0 aliphatic carbocycles. The van der Waals surface area contributed by atoms with E-state index in [1.807, 2.05) is 30.9 Å². The molecule has 4 aromatic rings. The van der Waals surface area contributed by atoms with Crippen molar-refractivity contribution in [2.45, 2.75) is 32.4 Å². The van der Waals surface area contributed by atoms with Gasteiger partial charge in [-0.1, -0.05) is 31.2 Å². The van der Waals surface area contributed by atoms with Gasteiger partial charge >= 0.3 is 0 Å². The van der Waals surface area contributed by atoms with E-state index < -0.39 is 0 Å². The molecule has 0 spiro atoms. The Bertz CT molecular complexity index is 1070. The van der Waals surface area contributed by atoms with Gasteiger partial charge in [0.05, 0.1) is 18.1 Å². The number of aromatic amines is 1. The topological polar surface area (TPSA) is 58.0 Å². The maximum Gasteiger partial charge on any atom is 0.134 e. The number of fused-ring (bicyclic) bond motifs is 2. The van der Waals surface area contributed by atoms with E-state index in [2.05, 4.69) is 51.0 Å². The molecule has 1 aliphatic rings. The Morgan fingerprint density at radius 3 is 3.00 bits per heavy atom. The molecule has 0 saturated carbocycles. The highest BCUT2D eigenvalue weighted by atomic mass is 16.3. The van der Waals surface area contributed by atoms with Gasteiger partial charge in [-0.25, -0.2) is 4.98 Å². The van der Waals surface area contributed by atoms with E-state index in [-0.39, 0.29) is 6.04 Å². The van der Waals surface area contributed by atoms with E-state index in [0.29, 0.717) is 0 Å². The first-order valence-electron chi connectivity index (χ1n) is 9.50. The monoisotopic (exact) mass is 358 g/mol. The third-order valence-corrected chi connectivity index (χ3v) is 5.49.